The fourth-order valence-corrected chi connectivity index (χ4v) is 1.79. The van der Waals surface area contributed by atoms with Gasteiger partial charge in [0.05, 0.1) is 11.7 Å². The second-order valence-corrected chi connectivity index (χ2v) is 4.65. The molecule has 0 aromatic carbocycles. The lowest BCUT2D eigenvalue weighted by atomic mass is 10.1. The Morgan fingerprint density at radius 2 is 2.24 bits per heavy atom. The summed E-state index contributed by atoms with van der Waals surface area (Å²) in [6, 6.07) is 0.0560. The fourth-order valence-electron chi connectivity index (χ4n) is 1.79. The number of aromatic nitrogens is 2. The van der Waals surface area contributed by atoms with Crippen LogP contribution in [0.3, 0.4) is 0 Å². The van der Waals surface area contributed by atoms with Crippen molar-refractivity contribution in [1.82, 2.24) is 15.1 Å². The van der Waals surface area contributed by atoms with Crippen LogP contribution in [-0.2, 0) is 11.8 Å². The van der Waals surface area contributed by atoms with Crippen LogP contribution < -0.4 is 11.1 Å². The number of aryl methyl sites for hydroxylation is 2. The molecule has 0 aliphatic heterocycles. The molecule has 5 heteroatoms. The third-order valence-electron chi connectivity index (χ3n) is 2.72. The Balaban J connectivity index is 2.51. The lowest BCUT2D eigenvalue weighted by Crippen LogP contribution is -2.28. The first-order chi connectivity index (χ1) is 7.90. The van der Waals surface area contributed by atoms with E-state index < -0.39 is 0 Å². The molecule has 1 heterocycles. The molecule has 2 atom stereocenters. The minimum atomic E-state index is -0.00993. The highest BCUT2D eigenvalue weighted by Gasteiger charge is 2.14. The first-order valence-corrected chi connectivity index (χ1v) is 5.95. The molecule has 5 nitrogen and oxygen atoms in total. The number of carbonyl (C=O) groups excluding carboxylic acids is 1. The monoisotopic (exact) mass is 238 g/mol. The lowest BCUT2D eigenvalue weighted by Gasteiger charge is -2.13. The molecule has 1 aromatic heterocycles. The summed E-state index contributed by atoms with van der Waals surface area (Å²) in [5, 5.41) is 7.22. The molecule has 17 heavy (non-hydrogen) atoms. The largest absolute Gasteiger partial charge is 0.349 e. The van der Waals surface area contributed by atoms with Crippen molar-refractivity contribution < 1.29 is 4.79 Å². The van der Waals surface area contributed by atoms with Crippen molar-refractivity contribution in [3.8, 4) is 0 Å². The summed E-state index contributed by atoms with van der Waals surface area (Å²) in [5.41, 5.74) is 7.63. The molecule has 0 aliphatic carbocycles. The Bertz CT molecular complexity index is 384. The van der Waals surface area contributed by atoms with Gasteiger partial charge in [-0.05, 0) is 27.2 Å². The Hall–Kier alpha value is -1.36. The van der Waals surface area contributed by atoms with Crippen LogP contribution in [0, 0.1) is 6.92 Å². The topological polar surface area (TPSA) is 72.9 Å². The highest BCUT2D eigenvalue weighted by molar-refractivity contribution is 5.76. The van der Waals surface area contributed by atoms with Gasteiger partial charge < -0.3 is 11.1 Å². The normalized spacial score (nSPS) is 14.4. The summed E-state index contributed by atoms with van der Waals surface area (Å²) in [6.45, 7) is 5.82. The number of nitrogens with two attached hydrogens (primary N) is 1. The quantitative estimate of drug-likeness (QED) is 0.804. The number of amides is 1. The van der Waals surface area contributed by atoms with E-state index in [1.807, 2.05) is 34.0 Å². The average molecular weight is 238 g/mol. The van der Waals surface area contributed by atoms with Crippen molar-refractivity contribution in [1.29, 1.82) is 0 Å². The van der Waals surface area contributed by atoms with Crippen LogP contribution in [0.2, 0.25) is 0 Å². The fraction of sp³-hybridized carbons (Fsp3) is 0.667. The summed E-state index contributed by atoms with van der Waals surface area (Å²) in [5.74, 6) is 0.0399. The van der Waals surface area contributed by atoms with Gasteiger partial charge in [0.2, 0.25) is 5.91 Å². The van der Waals surface area contributed by atoms with Crippen molar-refractivity contribution in [3.63, 3.8) is 0 Å². The molecular weight excluding hydrogens is 216 g/mol. The zero-order chi connectivity index (χ0) is 13.0. The van der Waals surface area contributed by atoms with E-state index in [4.69, 9.17) is 5.73 Å². The van der Waals surface area contributed by atoms with E-state index in [9.17, 15) is 4.79 Å². The molecule has 0 radical (unpaired) electrons. The van der Waals surface area contributed by atoms with Gasteiger partial charge in [0.15, 0.2) is 0 Å². The van der Waals surface area contributed by atoms with E-state index in [1.54, 1.807) is 4.68 Å². The molecule has 0 saturated heterocycles. The van der Waals surface area contributed by atoms with E-state index in [0.29, 0.717) is 12.8 Å². The molecular formula is C12H22N4O. The van der Waals surface area contributed by atoms with Crippen LogP contribution in [-0.4, -0.2) is 21.7 Å². The van der Waals surface area contributed by atoms with E-state index in [-0.39, 0.29) is 18.0 Å². The van der Waals surface area contributed by atoms with E-state index in [2.05, 4.69) is 10.4 Å². The molecule has 1 aromatic rings. The second kappa shape index (κ2) is 5.82. The van der Waals surface area contributed by atoms with Gasteiger partial charge in [0, 0.05) is 31.3 Å². The molecule has 2 unspecified atom stereocenters. The summed E-state index contributed by atoms with van der Waals surface area (Å²) in [7, 11) is 1.88. The van der Waals surface area contributed by atoms with Crippen LogP contribution in [0.1, 0.15) is 44.0 Å². The van der Waals surface area contributed by atoms with E-state index in [1.165, 1.54) is 0 Å². The van der Waals surface area contributed by atoms with Crippen molar-refractivity contribution in [2.45, 2.75) is 45.7 Å². The van der Waals surface area contributed by atoms with Gasteiger partial charge in [-0.1, -0.05) is 0 Å². The first-order valence-electron chi connectivity index (χ1n) is 5.95. The maximum absolute atomic E-state index is 11.7. The lowest BCUT2D eigenvalue weighted by molar-refractivity contribution is -0.121. The Labute approximate surface area is 102 Å². The Kier molecular flexibility index (Phi) is 4.69. The Morgan fingerprint density at radius 3 is 2.71 bits per heavy atom. The predicted molar refractivity (Wildman–Crippen MR) is 67.4 cm³/mol. The van der Waals surface area contributed by atoms with E-state index >= 15 is 0 Å². The van der Waals surface area contributed by atoms with Crippen molar-refractivity contribution in [2.75, 3.05) is 0 Å². The minimum Gasteiger partial charge on any atom is -0.349 e. The molecule has 0 saturated carbocycles. The number of nitrogens with zero attached hydrogens (tertiary/aromatic N) is 2. The molecule has 0 bridgehead atoms. The summed E-state index contributed by atoms with van der Waals surface area (Å²) in [6.07, 6.45) is 3.12. The molecule has 1 rings (SSSR count). The van der Waals surface area contributed by atoms with Crippen LogP contribution >= 0.6 is 0 Å². The van der Waals surface area contributed by atoms with E-state index in [0.717, 1.165) is 11.3 Å². The molecule has 0 spiro atoms. The van der Waals surface area contributed by atoms with Crippen molar-refractivity contribution in [2.24, 2.45) is 12.8 Å². The third kappa shape index (κ3) is 4.19. The minimum absolute atomic E-state index is 0.00993. The predicted octanol–water partition coefficient (Wildman–Crippen LogP) is 1.03. The Morgan fingerprint density at radius 1 is 1.59 bits per heavy atom. The SMILES string of the molecule is Cc1nn(C)cc1C(C)NC(=O)CCC(C)N. The second-order valence-electron chi connectivity index (χ2n) is 4.65. The summed E-state index contributed by atoms with van der Waals surface area (Å²) < 4.78 is 1.76. The standard InChI is InChI=1S/C12H22N4O/c1-8(13)5-6-12(17)14-9(2)11-7-16(4)15-10(11)3/h7-9H,5-6,13H2,1-4H3,(H,14,17). The number of hydrogen-bond acceptors (Lipinski definition) is 3. The highest BCUT2D eigenvalue weighted by atomic mass is 16.1. The molecule has 0 aliphatic rings. The zero-order valence-corrected chi connectivity index (χ0v) is 11.0. The number of hydrogen-bond donors (Lipinski definition) is 2. The number of carbonyl (C=O) groups is 1. The van der Waals surface area contributed by atoms with Crippen molar-refractivity contribution >= 4 is 5.91 Å². The van der Waals surface area contributed by atoms with Gasteiger partial charge in [-0.25, -0.2) is 0 Å². The maximum atomic E-state index is 11.7. The van der Waals surface area contributed by atoms with Crippen LogP contribution in [0.5, 0.6) is 0 Å². The van der Waals surface area contributed by atoms with Gasteiger partial charge in [-0.15, -0.1) is 0 Å². The summed E-state index contributed by atoms with van der Waals surface area (Å²) in [4.78, 5) is 11.7. The first kappa shape index (κ1) is 13.7. The molecule has 3 N–H and O–H groups in total. The van der Waals surface area contributed by atoms with Crippen molar-refractivity contribution in [3.05, 3.63) is 17.5 Å². The number of nitrogens with one attached hydrogen (secondary N) is 1. The van der Waals surface area contributed by atoms with Gasteiger partial charge in [0.25, 0.3) is 0 Å². The van der Waals surface area contributed by atoms with Gasteiger partial charge in [-0.3, -0.25) is 9.48 Å². The van der Waals surface area contributed by atoms with Crippen LogP contribution in [0.25, 0.3) is 0 Å². The van der Waals surface area contributed by atoms with Gasteiger partial charge in [-0.2, -0.15) is 5.10 Å². The van der Waals surface area contributed by atoms with Gasteiger partial charge >= 0.3 is 0 Å². The molecule has 1 amide bonds. The van der Waals surface area contributed by atoms with Crippen LogP contribution in [0.15, 0.2) is 6.20 Å². The third-order valence-corrected chi connectivity index (χ3v) is 2.72. The smallest absolute Gasteiger partial charge is 0.220 e. The average Bonchev–Trinajstić information content (AvgIpc) is 2.55. The zero-order valence-electron chi connectivity index (χ0n) is 11.0. The van der Waals surface area contributed by atoms with Crippen LogP contribution in [0.4, 0.5) is 0 Å². The number of rotatable bonds is 5. The summed E-state index contributed by atoms with van der Waals surface area (Å²) >= 11 is 0. The molecule has 0 fully saturated rings. The molecule has 96 valence electrons. The van der Waals surface area contributed by atoms with Gasteiger partial charge in [0.1, 0.15) is 0 Å². The maximum Gasteiger partial charge on any atom is 0.220 e. The highest BCUT2D eigenvalue weighted by Crippen LogP contribution is 2.15.